The predicted octanol–water partition coefficient (Wildman–Crippen LogP) is 5.19. The van der Waals surface area contributed by atoms with Crippen LogP contribution in [0.25, 0.3) is 0 Å². The molecule has 3 aromatic rings. The maximum absolute atomic E-state index is 13.5. The summed E-state index contributed by atoms with van der Waals surface area (Å²) in [6.07, 6.45) is 1.09. The number of nitrogens with one attached hydrogen (secondary N) is 1. The van der Waals surface area contributed by atoms with Crippen molar-refractivity contribution >= 4 is 11.8 Å². The van der Waals surface area contributed by atoms with E-state index in [9.17, 15) is 9.59 Å². The smallest absolute Gasteiger partial charge is 0.247 e. The van der Waals surface area contributed by atoms with Crippen LogP contribution in [0.1, 0.15) is 48.1 Å². The molecule has 0 aliphatic heterocycles. The Morgan fingerprint density at radius 2 is 1.55 bits per heavy atom. The molecule has 0 bridgehead atoms. The molecule has 1 N–H and O–H groups in total. The van der Waals surface area contributed by atoms with Crippen LogP contribution in [0.4, 0.5) is 0 Å². The molecule has 0 saturated carbocycles. The number of carbonyl (C=O) groups is 2. The summed E-state index contributed by atoms with van der Waals surface area (Å²) >= 11 is 0. The van der Waals surface area contributed by atoms with Crippen molar-refractivity contribution in [2.45, 2.75) is 45.8 Å². The maximum atomic E-state index is 13.5. The fourth-order valence-corrected chi connectivity index (χ4v) is 3.71. The second-order valence-corrected chi connectivity index (χ2v) is 8.14. The summed E-state index contributed by atoms with van der Waals surface area (Å²) in [4.78, 5) is 28.4. The van der Waals surface area contributed by atoms with Gasteiger partial charge in [0.15, 0.2) is 0 Å². The zero-order chi connectivity index (χ0) is 23.6. The molecule has 3 aromatic carbocycles. The molecule has 1 atom stereocenters. The Morgan fingerprint density at radius 3 is 2.15 bits per heavy atom. The van der Waals surface area contributed by atoms with Gasteiger partial charge in [0.05, 0.1) is 7.11 Å². The largest absolute Gasteiger partial charge is 0.497 e. The maximum Gasteiger partial charge on any atom is 0.247 e. The van der Waals surface area contributed by atoms with Crippen molar-refractivity contribution in [2.24, 2.45) is 0 Å². The van der Waals surface area contributed by atoms with Crippen LogP contribution in [-0.2, 0) is 22.7 Å². The number of amides is 2. The van der Waals surface area contributed by atoms with Crippen LogP contribution >= 0.6 is 0 Å². The number of ether oxygens (including phenoxy) is 1. The minimum absolute atomic E-state index is 0.0485. The molecule has 0 saturated heterocycles. The van der Waals surface area contributed by atoms with Crippen molar-refractivity contribution in [1.29, 1.82) is 0 Å². The Hall–Kier alpha value is -3.60. The molecule has 1 unspecified atom stereocenters. The lowest BCUT2D eigenvalue weighted by atomic mass is 10.0. The number of benzene rings is 3. The third-order valence-electron chi connectivity index (χ3n) is 5.56. The van der Waals surface area contributed by atoms with Crippen molar-refractivity contribution in [3.05, 3.63) is 101 Å². The van der Waals surface area contributed by atoms with E-state index in [1.54, 1.807) is 12.0 Å². The predicted molar refractivity (Wildman–Crippen MR) is 131 cm³/mol. The summed E-state index contributed by atoms with van der Waals surface area (Å²) < 4.78 is 5.25. The molecule has 3 rings (SSSR count). The van der Waals surface area contributed by atoms with Crippen molar-refractivity contribution < 1.29 is 14.3 Å². The minimum atomic E-state index is -0.724. The number of aryl methyl sites for hydroxylation is 1. The summed E-state index contributed by atoms with van der Waals surface area (Å²) in [6, 6.07) is 24.4. The molecule has 33 heavy (non-hydrogen) atoms. The van der Waals surface area contributed by atoms with E-state index < -0.39 is 6.04 Å². The normalized spacial score (nSPS) is 11.5. The Bertz CT molecular complexity index is 1030. The van der Waals surface area contributed by atoms with Gasteiger partial charge < -0.3 is 15.0 Å². The average molecular weight is 445 g/mol. The van der Waals surface area contributed by atoms with E-state index in [2.05, 4.69) is 5.32 Å². The summed E-state index contributed by atoms with van der Waals surface area (Å²) in [5, 5.41) is 3.05. The lowest BCUT2D eigenvalue weighted by Gasteiger charge is -2.31. The Labute approximate surface area is 196 Å². The SMILES string of the molecule is CCCC(=O)N(Cc1ccc(OC)cc1)C(C(=O)NCc1ccc(C)cc1)c1ccccc1. The summed E-state index contributed by atoms with van der Waals surface area (Å²) in [7, 11) is 1.62. The van der Waals surface area contributed by atoms with E-state index in [1.165, 1.54) is 5.56 Å². The molecule has 2 amide bonds. The molecule has 5 nitrogen and oxygen atoms in total. The lowest BCUT2D eigenvalue weighted by molar-refractivity contribution is -0.141. The molecule has 0 radical (unpaired) electrons. The van der Waals surface area contributed by atoms with Gasteiger partial charge in [0.25, 0.3) is 0 Å². The van der Waals surface area contributed by atoms with Gasteiger partial charge in [0, 0.05) is 19.5 Å². The van der Waals surface area contributed by atoms with Gasteiger partial charge in [-0.25, -0.2) is 0 Å². The van der Waals surface area contributed by atoms with Crippen LogP contribution in [0, 0.1) is 6.92 Å². The first-order chi connectivity index (χ1) is 16.0. The standard InChI is InChI=1S/C28H32N2O3/c1-4-8-26(31)30(20-23-15-17-25(33-3)18-16-23)27(24-9-6-5-7-10-24)28(32)29-19-22-13-11-21(2)12-14-22/h5-7,9-18,27H,4,8,19-20H2,1-3H3,(H,29,32). The van der Waals surface area contributed by atoms with E-state index in [-0.39, 0.29) is 11.8 Å². The van der Waals surface area contributed by atoms with E-state index in [0.29, 0.717) is 25.9 Å². The highest BCUT2D eigenvalue weighted by Crippen LogP contribution is 2.26. The zero-order valence-electron chi connectivity index (χ0n) is 19.6. The van der Waals surface area contributed by atoms with Gasteiger partial charge in [-0.05, 0) is 42.2 Å². The second kappa shape index (κ2) is 11.9. The summed E-state index contributed by atoms with van der Waals surface area (Å²) in [6.45, 7) is 4.74. The number of hydrogen-bond donors (Lipinski definition) is 1. The first-order valence-corrected chi connectivity index (χ1v) is 11.3. The number of hydrogen-bond acceptors (Lipinski definition) is 3. The summed E-state index contributed by atoms with van der Waals surface area (Å²) in [5.41, 5.74) is 3.91. The fourth-order valence-electron chi connectivity index (χ4n) is 3.71. The third-order valence-corrected chi connectivity index (χ3v) is 5.56. The van der Waals surface area contributed by atoms with Gasteiger partial charge in [0.1, 0.15) is 11.8 Å². The number of carbonyl (C=O) groups excluding carboxylic acids is 2. The quantitative estimate of drug-likeness (QED) is 0.468. The summed E-state index contributed by atoms with van der Waals surface area (Å²) in [5.74, 6) is 0.507. The van der Waals surface area contributed by atoms with Crippen molar-refractivity contribution in [3.8, 4) is 5.75 Å². The van der Waals surface area contributed by atoms with Gasteiger partial charge in [-0.3, -0.25) is 9.59 Å². The average Bonchev–Trinajstić information content (AvgIpc) is 2.84. The Balaban J connectivity index is 1.89. The molecule has 5 heteroatoms. The molecular formula is C28H32N2O3. The molecule has 0 aromatic heterocycles. The van der Waals surface area contributed by atoms with Gasteiger partial charge in [-0.15, -0.1) is 0 Å². The van der Waals surface area contributed by atoms with Gasteiger partial charge in [-0.2, -0.15) is 0 Å². The molecule has 0 heterocycles. The van der Waals surface area contributed by atoms with Crippen LogP contribution in [0.5, 0.6) is 5.75 Å². The van der Waals surface area contributed by atoms with Crippen LogP contribution in [-0.4, -0.2) is 23.8 Å². The third kappa shape index (κ3) is 6.69. The fraction of sp³-hybridized carbons (Fsp3) is 0.286. The second-order valence-electron chi connectivity index (χ2n) is 8.14. The molecule has 0 aliphatic carbocycles. The topological polar surface area (TPSA) is 58.6 Å². The van der Waals surface area contributed by atoms with Crippen LogP contribution < -0.4 is 10.1 Å². The number of nitrogens with zero attached hydrogens (tertiary/aromatic N) is 1. The van der Waals surface area contributed by atoms with E-state index in [1.807, 2.05) is 92.7 Å². The van der Waals surface area contributed by atoms with E-state index in [0.717, 1.165) is 22.4 Å². The Kier molecular flexibility index (Phi) is 8.64. The minimum Gasteiger partial charge on any atom is -0.497 e. The molecular weight excluding hydrogens is 412 g/mol. The van der Waals surface area contributed by atoms with Crippen LogP contribution in [0.15, 0.2) is 78.9 Å². The number of methoxy groups -OCH3 is 1. The highest BCUT2D eigenvalue weighted by Gasteiger charge is 2.31. The molecule has 0 spiro atoms. The van der Waals surface area contributed by atoms with E-state index in [4.69, 9.17) is 4.74 Å². The van der Waals surface area contributed by atoms with Gasteiger partial charge in [-0.1, -0.05) is 79.2 Å². The lowest BCUT2D eigenvalue weighted by Crippen LogP contribution is -2.43. The highest BCUT2D eigenvalue weighted by atomic mass is 16.5. The number of rotatable bonds is 10. The van der Waals surface area contributed by atoms with Crippen molar-refractivity contribution in [1.82, 2.24) is 10.2 Å². The molecule has 0 aliphatic rings. The Morgan fingerprint density at radius 1 is 0.909 bits per heavy atom. The molecule has 0 fully saturated rings. The zero-order valence-corrected chi connectivity index (χ0v) is 19.6. The van der Waals surface area contributed by atoms with Gasteiger partial charge >= 0.3 is 0 Å². The van der Waals surface area contributed by atoms with E-state index >= 15 is 0 Å². The first-order valence-electron chi connectivity index (χ1n) is 11.3. The van der Waals surface area contributed by atoms with Crippen molar-refractivity contribution in [2.75, 3.05) is 7.11 Å². The monoisotopic (exact) mass is 444 g/mol. The van der Waals surface area contributed by atoms with Crippen LogP contribution in [0.3, 0.4) is 0 Å². The highest BCUT2D eigenvalue weighted by molar-refractivity contribution is 5.88. The van der Waals surface area contributed by atoms with Gasteiger partial charge in [0.2, 0.25) is 11.8 Å². The van der Waals surface area contributed by atoms with Crippen LogP contribution in [0.2, 0.25) is 0 Å². The molecule has 172 valence electrons. The van der Waals surface area contributed by atoms with Crippen molar-refractivity contribution in [3.63, 3.8) is 0 Å². The first kappa shape index (κ1) is 24.1.